The fourth-order valence-electron chi connectivity index (χ4n) is 5.91. The lowest BCUT2D eigenvalue weighted by molar-refractivity contribution is -0.139. The van der Waals surface area contributed by atoms with Gasteiger partial charge in [0.1, 0.15) is 28.9 Å². The summed E-state index contributed by atoms with van der Waals surface area (Å²) in [6, 6.07) is 8.46. The number of amides is 2. The maximum atomic E-state index is 14.0. The Kier molecular flexibility index (Phi) is 8.80. The highest BCUT2D eigenvalue weighted by molar-refractivity contribution is 7.90. The number of carbonyl (C=O) groups is 2. The molecule has 0 unspecified atom stereocenters. The highest BCUT2D eigenvalue weighted by Gasteiger charge is 2.42. The quantitative estimate of drug-likeness (QED) is 0.483. The Morgan fingerprint density at radius 2 is 1.81 bits per heavy atom. The van der Waals surface area contributed by atoms with Crippen LogP contribution >= 0.6 is 11.6 Å². The fraction of sp³-hybridized carbons (Fsp3) is 0.533. The van der Waals surface area contributed by atoms with Crippen LogP contribution in [0.5, 0.6) is 5.88 Å². The van der Waals surface area contributed by atoms with E-state index in [2.05, 4.69) is 20.0 Å². The molecule has 1 aliphatic carbocycles. The van der Waals surface area contributed by atoms with E-state index >= 15 is 0 Å². The van der Waals surface area contributed by atoms with Crippen molar-refractivity contribution >= 4 is 39.3 Å². The predicted molar refractivity (Wildman–Crippen MR) is 160 cm³/mol. The number of rotatable bonds is 7. The third-order valence-electron chi connectivity index (χ3n) is 8.17. The highest BCUT2D eigenvalue weighted by atomic mass is 35.5. The van der Waals surface area contributed by atoms with Gasteiger partial charge in [0.25, 0.3) is 10.0 Å². The maximum Gasteiger partial charge on any atom is 0.285 e. The molecule has 2 amide bonds. The zero-order chi connectivity index (χ0) is 30.1. The topological polar surface area (TPSA) is 130 Å². The third-order valence-corrected chi connectivity index (χ3v) is 9.73. The smallest absolute Gasteiger partial charge is 0.285 e. The van der Waals surface area contributed by atoms with Gasteiger partial charge in [0.15, 0.2) is 0 Å². The molecule has 2 aromatic rings. The summed E-state index contributed by atoms with van der Waals surface area (Å²) in [5.74, 6) is 0.0742. The minimum atomic E-state index is -3.85. The summed E-state index contributed by atoms with van der Waals surface area (Å²) in [7, 11) is -3.85. The Morgan fingerprint density at radius 1 is 1.07 bits per heavy atom. The minimum absolute atomic E-state index is 0.0240. The molecule has 1 saturated heterocycles. The summed E-state index contributed by atoms with van der Waals surface area (Å²) in [6.45, 7) is 6.63. The Bertz CT molecular complexity index is 1450. The van der Waals surface area contributed by atoms with E-state index in [1.807, 2.05) is 20.8 Å². The summed E-state index contributed by atoms with van der Waals surface area (Å²) in [4.78, 5) is 33.9. The molecule has 1 aromatic heterocycles. The molecule has 10 nitrogen and oxygen atoms in total. The highest BCUT2D eigenvalue weighted by Crippen LogP contribution is 2.31. The van der Waals surface area contributed by atoms with Gasteiger partial charge in [-0.1, -0.05) is 63.8 Å². The number of pyridine rings is 1. The molecule has 0 spiro atoms. The van der Waals surface area contributed by atoms with Gasteiger partial charge in [-0.05, 0) is 42.4 Å². The van der Waals surface area contributed by atoms with Gasteiger partial charge >= 0.3 is 0 Å². The van der Waals surface area contributed by atoms with Crippen LogP contribution < -0.4 is 15.4 Å². The lowest BCUT2D eigenvalue weighted by Crippen LogP contribution is -2.60. The van der Waals surface area contributed by atoms with Crippen molar-refractivity contribution in [1.82, 2.24) is 20.5 Å². The summed E-state index contributed by atoms with van der Waals surface area (Å²) >= 11 is 5.92. The van der Waals surface area contributed by atoms with E-state index in [0.717, 1.165) is 32.1 Å². The molecule has 0 bridgehead atoms. The van der Waals surface area contributed by atoms with Crippen molar-refractivity contribution in [2.24, 2.45) is 15.7 Å². The first-order valence-corrected chi connectivity index (χ1v) is 16.3. The molecule has 42 heavy (non-hydrogen) atoms. The molecule has 2 fully saturated rings. The van der Waals surface area contributed by atoms with Crippen molar-refractivity contribution in [3.05, 3.63) is 53.2 Å². The largest absolute Gasteiger partial charge is 0.472 e. The van der Waals surface area contributed by atoms with Crippen molar-refractivity contribution in [3.8, 4) is 5.88 Å². The van der Waals surface area contributed by atoms with Gasteiger partial charge in [-0.3, -0.25) is 9.59 Å². The molecule has 1 saturated carbocycles. The lowest BCUT2D eigenvalue weighted by Gasteiger charge is -2.36. The first-order valence-electron chi connectivity index (χ1n) is 14.5. The van der Waals surface area contributed by atoms with Crippen LogP contribution in [0.25, 0.3) is 0 Å². The molecule has 12 heteroatoms. The van der Waals surface area contributed by atoms with E-state index in [-0.39, 0.29) is 34.6 Å². The van der Waals surface area contributed by atoms with Crippen molar-refractivity contribution in [2.75, 3.05) is 13.1 Å². The Balaban J connectivity index is 1.32. The van der Waals surface area contributed by atoms with E-state index in [4.69, 9.17) is 16.3 Å². The maximum absolute atomic E-state index is 14.0. The zero-order valence-corrected chi connectivity index (χ0v) is 25.7. The summed E-state index contributed by atoms with van der Waals surface area (Å²) < 4.78 is 35.3. The molecular formula is C30H38ClN5O5S. The first-order chi connectivity index (χ1) is 19.9. The molecule has 1 aromatic carbocycles. The third kappa shape index (κ3) is 6.72. The Morgan fingerprint density at radius 3 is 2.50 bits per heavy atom. The van der Waals surface area contributed by atoms with E-state index in [9.17, 15) is 18.0 Å². The lowest BCUT2D eigenvalue weighted by atomic mass is 9.82. The molecule has 3 heterocycles. The van der Waals surface area contributed by atoms with Gasteiger partial charge in [0, 0.05) is 30.8 Å². The molecule has 2 aliphatic heterocycles. The van der Waals surface area contributed by atoms with Gasteiger partial charge in [0.2, 0.25) is 17.7 Å². The van der Waals surface area contributed by atoms with E-state index < -0.39 is 27.5 Å². The van der Waals surface area contributed by atoms with Gasteiger partial charge in [-0.15, -0.1) is 4.40 Å². The van der Waals surface area contributed by atoms with Crippen molar-refractivity contribution in [2.45, 2.75) is 82.4 Å². The van der Waals surface area contributed by atoms with Crippen LogP contribution in [0.3, 0.4) is 0 Å². The van der Waals surface area contributed by atoms with Gasteiger partial charge < -0.3 is 20.3 Å². The Labute approximate surface area is 252 Å². The second kappa shape index (κ2) is 12.2. The van der Waals surface area contributed by atoms with Crippen LogP contribution in [0.15, 0.2) is 51.9 Å². The molecular weight excluding hydrogens is 578 g/mol. The summed E-state index contributed by atoms with van der Waals surface area (Å²) in [6.07, 6.45) is 6.64. The van der Waals surface area contributed by atoms with Crippen LogP contribution in [0.4, 0.5) is 0 Å². The van der Waals surface area contributed by atoms with E-state index in [1.54, 1.807) is 35.2 Å². The number of aromatic nitrogens is 1. The summed E-state index contributed by atoms with van der Waals surface area (Å²) in [5.41, 5.74) is -0.130. The van der Waals surface area contributed by atoms with Crippen LogP contribution in [0.1, 0.15) is 64.9 Å². The van der Waals surface area contributed by atoms with Gasteiger partial charge in [-0.2, -0.15) is 8.42 Å². The number of nitrogens with zero attached hydrogens (tertiary/aromatic N) is 3. The number of ether oxygens (including phenoxy) is 1. The number of hydrogen-bond acceptors (Lipinski definition) is 7. The monoisotopic (exact) mass is 615 g/mol. The molecule has 0 radical (unpaired) electrons. The average Bonchev–Trinajstić information content (AvgIpc) is 3.53. The molecule has 3 atom stereocenters. The van der Waals surface area contributed by atoms with Crippen molar-refractivity contribution in [1.29, 1.82) is 0 Å². The van der Waals surface area contributed by atoms with Crippen LogP contribution in [0, 0.1) is 11.3 Å². The number of amidine groups is 1. The number of halogens is 1. The Hall–Kier alpha value is -3.18. The van der Waals surface area contributed by atoms with Crippen LogP contribution in [0.2, 0.25) is 5.02 Å². The minimum Gasteiger partial charge on any atom is -0.472 e. The van der Waals surface area contributed by atoms with E-state index in [0.29, 0.717) is 36.0 Å². The second-order valence-corrected chi connectivity index (χ2v) is 14.4. The van der Waals surface area contributed by atoms with Crippen LogP contribution in [-0.4, -0.2) is 67.2 Å². The molecule has 5 rings (SSSR count). The van der Waals surface area contributed by atoms with Gasteiger partial charge in [-0.25, -0.2) is 4.98 Å². The molecule has 3 aliphatic rings. The number of sulfonamides is 1. The SMILES string of the molecule is CC(C)(C)[C@H](NC(=O)[C@@H](NC1=NS(=O)(=O)c2ccccc21)C1CCCCC1)C(=O)N1CC[C@@H](Oc2ccc(Cl)cn2)C1. The second-order valence-electron chi connectivity index (χ2n) is 12.4. The van der Waals surface area contributed by atoms with Gasteiger partial charge in [0.05, 0.1) is 11.6 Å². The zero-order valence-electron chi connectivity index (χ0n) is 24.2. The van der Waals surface area contributed by atoms with Crippen molar-refractivity contribution in [3.63, 3.8) is 0 Å². The summed E-state index contributed by atoms with van der Waals surface area (Å²) in [5, 5.41) is 6.77. The normalized spacial score (nSPS) is 21.7. The number of nitrogens with one attached hydrogen (secondary N) is 2. The number of fused-ring (bicyclic) bond motifs is 1. The number of likely N-dealkylation sites (tertiary alicyclic amines) is 1. The van der Waals surface area contributed by atoms with Crippen LogP contribution in [-0.2, 0) is 19.6 Å². The molecule has 2 N–H and O–H groups in total. The van der Waals surface area contributed by atoms with E-state index in [1.165, 1.54) is 12.3 Å². The fourth-order valence-corrected chi connectivity index (χ4v) is 7.21. The number of hydrogen-bond donors (Lipinski definition) is 2. The average molecular weight is 616 g/mol. The number of benzene rings is 1. The number of carbonyl (C=O) groups excluding carboxylic acids is 2. The standard InChI is InChI=1S/C30H38ClN5O5S/c1-30(2,3)26(29(38)36-16-15-21(18-36)41-24-14-13-20(31)17-32-24)34-28(37)25(19-9-5-4-6-10-19)33-27-22-11-7-8-12-23(22)42(39,40)35-27/h7-8,11-14,17,19,21,25-26H,4-6,9-10,15-16,18H2,1-3H3,(H,33,35)(H,34,37)/t21-,25+,26-/m1/s1. The van der Waals surface area contributed by atoms with Crippen molar-refractivity contribution < 1.29 is 22.7 Å². The predicted octanol–water partition coefficient (Wildman–Crippen LogP) is 3.93. The first kappa shape index (κ1) is 30.3. The molecule has 226 valence electrons.